The third-order valence-corrected chi connectivity index (χ3v) is 5.81. The van der Waals surface area contributed by atoms with E-state index >= 15 is 0 Å². The summed E-state index contributed by atoms with van der Waals surface area (Å²) in [6.07, 6.45) is -1.13. The second kappa shape index (κ2) is 7.66. The van der Waals surface area contributed by atoms with Crippen LogP contribution in [0, 0.1) is 5.82 Å². The molecule has 27 heavy (non-hydrogen) atoms. The first kappa shape index (κ1) is 19.3. The molecule has 1 aliphatic rings. The molecule has 1 amide bonds. The summed E-state index contributed by atoms with van der Waals surface area (Å²) < 4.78 is 45.1. The van der Waals surface area contributed by atoms with Crippen molar-refractivity contribution in [3.05, 3.63) is 59.9 Å². The Morgan fingerprint density at radius 1 is 1.15 bits per heavy atom. The van der Waals surface area contributed by atoms with Gasteiger partial charge in [0.15, 0.2) is 0 Å². The maximum absolute atomic E-state index is 12.9. The molecular weight excluding hydrogens is 371 g/mol. The van der Waals surface area contributed by atoms with Gasteiger partial charge in [-0.05, 0) is 47.9 Å². The number of anilines is 1. The molecule has 1 unspecified atom stereocenters. The van der Waals surface area contributed by atoms with E-state index < -0.39 is 28.0 Å². The lowest BCUT2D eigenvalue weighted by Crippen LogP contribution is -2.34. The molecule has 3 rings (SSSR count). The van der Waals surface area contributed by atoms with Crippen molar-refractivity contribution in [2.75, 3.05) is 18.0 Å². The normalized spacial score (nSPS) is 17.4. The summed E-state index contributed by atoms with van der Waals surface area (Å²) in [6, 6.07) is 12.1. The molecule has 8 heteroatoms. The van der Waals surface area contributed by atoms with Gasteiger partial charge in [-0.25, -0.2) is 22.3 Å². The number of nitrogens with one attached hydrogen (secondary N) is 1. The van der Waals surface area contributed by atoms with Crippen molar-refractivity contribution >= 4 is 21.8 Å². The highest BCUT2D eigenvalue weighted by atomic mass is 32.2. The van der Waals surface area contributed by atoms with Crippen LogP contribution in [-0.4, -0.2) is 33.7 Å². The molecule has 1 atom stereocenters. The van der Waals surface area contributed by atoms with Gasteiger partial charge in [-0.3, -0.25) is 4.90 Å². The highest BCUT2D eigenvalue weighted by molar-refractivity contribution is 7.89. The smallest absolute Gasteiger partial charge is 0.414 e. The van der Waals surface area contributed by atoms with Crippen LogP contribution in [-0.2, 0) is 14.8 Å². The van der Waals surface area contributed by atoms with Crippen LogP contribution in [0.2, 0.25) is 0 Å². The molecule has 144 valence electrons. The lowest BCUT2D eigenvalue weighted by molar-refractivity contribution is 0.143. The van der Waals surface area contributed by atoms with Crippen molar-refractivity contribution in [3.63, 3.8) is 0 Å². The van der Waals surface area contributed by atoms with Crippen LogP contribution in [0.5, 0.6) is 0 Å². The summed E-state index contributed by atoms with van der Waals surface area (Å²) in [5, 5.41) is 0. The lowest BCUT2D eigenvalue weighted by Gasteiger charge is -2.14. The third-order valence-electron chi connectivity index (χ3n) is 4.37. The van der Waals surface area contributed by atoms with Gasteiger partial charge in [0.25, 0.3) is 0 Å². The highest BCUT2D eigenvalue weighted by Crippen LogP contribution is 2.24. The minimum absolute atomic E-state index is 0.0469. The number of hydrogen-bond acceptors (Lipinski definition) is 4. The number of carbonyl (C=O) groups is 1. The van der Waals surface area contributed by atoms with E-state index in [1.165, 1.54) is 17.0 Å². The molecule has 1 heterocycles. The number of benzene rings is 2. The largest absolute Gasteiger partial charge is 0.443 e. The van der Waals surface area contributed by atoms with Crippen molar-refractivity contribution in [1.82, 2.24) is 4.72 Å². The molecule has 0 bridgehead atoms. The Labute approximate surface area is 158 Å². The number of nitrogens with zero attached hydrogens (tertiary/aromatic N) is 1. The number of ether oxygens (including phenoxy) is 1. The maximum Gasteiger partial charge on any atom is 0.414 e. The molecule has 2 aromatic carbocycles. The van der Waals surface area contributed by atoms with Gasteiger partial charge < -0.3 is 4.74 Å². The van der Waals surface area contributed by atoms with Crippen LogP contribution in [0.4, 0.5) is 14.9 Å². The predicted octanol–water partition coefficient (Wildman–Crippen LogP) is 3.25. The van der Waals surface area contributed by atoms with E-state index in [0.29, 0.717) is 11.6 Å². The van der Waals surface area contributed by atoms with Crippen molar-refractivity contribution in [2.24, 2.45) is 0 Å². The molecule has 2 aromatic rings. The summed E-state index contributed by atoms with van der Waals surface area (Å²) in [6.45, 7) is 4.35. The molecule has 6 nitrogen and oxygen atoms in total. The van der Waals surface area contributed by atoms with Gasteiger partial charge >= 0.3 is 6.09 Å². The van der Waals surface area contributed by atoms with E-state index in [-0.39, 0.29) is 18.0 Å². The fraction of sp³-hybridized carbons (Fsp3) is 0.316. The Morgan fingerprint density at radius 3 is 2.37 bits per heavy atom. The Morgan fingerprint density at radius 2 is 1.78 bits per heavy atom. The number of halogens is 1. The monoisotopic (exact) mass is 392 g/mol. The van der Waals surface area contributed by atoms with Gasteiger partial charge in [0.1, 0.15) is 11.9 Å². The van der Waals surface area contributed by atoms with Crippen LogP contribution in [0.15, 0.2) is 53.4 Å². The average Bonchev–Trinajstić information content (AvgIpc) is 3.01. The first-order valence-corrected chi connectivity index (χ1v) is 10.1. The van der Waals surface area contributed by atoms with E-state index in [2.05, 4.69) is 18.6 Å². The van der Waals surface area contributed by atoms with Crippen LogP contribution in [0.25, 0.3) is 0 Å². The number of carbonyl (C=O) groups excluding carboxylic acids is 1. The van der Waals surface area contributed by atoms with Gasteiger partial charge in [-0.2, -0.15) is 0 Å². The molecule has 0 aliphatic carbocycles. The van der Waals surface area contributed by atoms with E-state index in [0.717, 1.165) is 17.7 Å². The van der Waals surface area contributed by atoms with Crippen molar-refractivity contribution < 1.29 is 22.3 Å². The summed E-state index contributed by atoms with van der Waals surface area (Å²) in [5.74, 6) is -0.129. The van der Waals surface area contributed by atoms with E-state index in [9.17, 15) is 17.6 Å². The zero-order valence-corrected chi connectivity index (χ0v) is 15.9. The van der Waals surface area contributed by atoms with Gasteiger partial charge in [-0.15, -0.1) is 0 Å². The van der Waals surface area contributed by atoms with Gasteiger partial charge in [0.2, 0.25) is 10.0 Å². The summed E-state index contributed by atoms with van der Waals surface area (Å²) >= 11 is 0. The minimum atomic E-state index is -3.81. The van der Waals surface area contributed by atoms with E-state index in [1.807, 2.05) is 24.3 Å². The number of rotatable bonds is 6. The predicted molar refractivity (Wildman–Crippen MR) is 99.7 cm³/mol. The Hall–Kier alpha value is -2.45. The molecule has 0 spiro atoms. The van der Waals surface area contributed by atoms with E-state index in [1.54, 1.807) is 0 Å². The summed E-state index contributed by atoms with van der Waals surface area (Å²) in [4.78, 5) is 13.5. The second-order valence-electron chi connectivity index (χ2n) is 6.67. The Kier molecular flexibility index (Phi) is 5.48. The molecule has 0 aromatic heterocycles. The topological polar surface area (TPSA) is 75.7 Å². The van der Waals surface area contributed by atoms with Crippen LogP contribution >= 0.6 is 0 Å². The second-order valence-corrected chi connectivity index (χ2v) is 8.44. The first-order valence-electron chi connectivity index (χ1n) is 8.59. The third kappa shape index (κ3) is 4.45. The van der Waals surface area contributed by atoms with Gasteiger partial charge in [-0.1, -0.05) is 26.0 Å². The van der Waals surface area contributed by atoms with Crippen LogP contribution in [0.1, 0.15) is 25.3 Å². The zero-order chi connectivity index (χ0) is 19.6. The minimum Gasteiger partial charge on any atom is -0.443 e. The molecule has 1 fully saturated rings. The highest BCUT2D eigenvalue weighted by Gasteiger charge is 2.33. The standard InChI is InChI=1S/C19H21FN2O4S/c1-13(2)14-3-7-16(8-4-14)22-12-17(26-19(22)23)11-21-27(24,25)18-9-5-15(20)6-10-18/h3-10,13,17,21H,11-12H2,1-2H3. The maximum atomic E-state index is 12.9. The summed E-state index contributed by atoms with van der Waals surface area (Å²) in [5.41, 5.74) is 1.86. The summed E-state index contributed by atoms with van der Waals surface area (Å²) in [7, 11) is -3.81. The molecule has 1 N–H and O–H groups in total. The Balaban J connectivity index is 1.63. The zero-order valence-electron chi connectivity index (χ0n) is 15.1. The van der Waals surface area contributed by atoms with Crippen molar-refractivity contribution in [3.8, 4) is 0 Å². The van der Waals surface area contributed by atoms with Gasteiger partial charge in [0, 0.05) is 12.2 Å². The SMILES string of the molecule is CC(C)c1ccc(N2CC(CNS(=O)(=O)c3ccc(F)cc3)OC2=O)cc1. The fourth-order valence-corrected chi connectivity index (χ4v) is 3.84. The first-order chi connectivity index (χ1) is 12.8. The molecule has 1 saturated heterocycles. The molecular formula is C19H21FN2O4S. The number of sulfonamides is 1. The van der Waals surface area contributed by atoms with Gasteiger partial charge in [0.05, 0.1) is 11.4 Å². The van der Waals surface area contributed by atoms with Crippen LogP contribution < -0.4 is 9.62 Å². The fourth-order valence-electron chi connectivity index (χ4n) is 2.78. The Bertz CT molecular complexity index is 912. The van der Waals surface area contributed by atoms with Crippen molar-refractivity contribution in [1.29, 1.82) is 0 Å². The number of amides is 1. The lowest BCUT2D eigenvalue weighted by atomic mass is 10.0. The van der Waals surface area contributed by atoms with E-state index in [4.69, 9.17) is 4.74 Å². The molecule has 0 radical (unpaired) electrons. The average molecular weight is 392 g/mol. The number of hydrogen-bond donors (Lipinski definition) is 1. The molecule has 1 aliphatic heterocycles. The molecule has 0 saturated carbocycles. The van der Waals surface area contributed by atoms with Crippen molar-refractivity contribution in [2.45, 2.75) is 30.8 Å². The quantitative estimate of drug-likeness (QED) is 0.819. The van der Waals surface area contributed by atoms with Crippen LogP contribution in [0.3, 0.4) is 0 Å². The number of cyclic esters (lactones) is 1.